The highest BCUT2D eigenvalue weighted by Crippen LogP contribution is 2.49. The summed E-state index contributed by atoms with van der Waals surface area (Å²) >= 11 is 0. The normalized spacial score (nSPS) is 17.6. The number of ketones is 1. The molecule has 31 heavy (non-hydrogen) atoms. The summed E-state index contributed by atoms with van der Waals surface area (Å²) in [5.74, 6) is 1.85. The molecule has 0 saturated carbocycles. The molecule has 1 aromatic heterocycles. The van der Waals surface area contributed by atoms with E-state index in [0.717, 1.165) is 51.7 Å². The largest absolute Gasteiger partial charge is 0.493 e. The molecule has 2 aromatic carbocycles. The zero-order valence-electron chi connectivity index (χ0n) is 17.8. The first-order valence-electron chi connectivity index (χ1n) is 10.4. The van der Waals surface area contributed by atoms with Crippen molar-refractivity contribution in [2.45, 2.75) is 25.3 Å². The van der Waals surface area contributed by atoms with Crippen LogP contribution in [0.4, 0.5) is 5.69 Å². The Morgan fingerprint density at radius 2 is 1.77 bits per heavy atom. The van der Waals surface area contributed by atoms with Gasteiger partial charge in [-0.05, 0) is 54.3 Å². The number of nitrogens with zero attached hydrogens (tertiary/aromatic N) is 1. The molecule has 0 amide bonds. The van der Waals surface area contributed by atoms with E-state index in [2.05, 4.69) is 22.4 Å². The van der Waals surface area contributed by atoms with Gasteiger partial charge in [-0.3, -0.25) is 9.78 Å². The quantitative estimate of drug-likeness (QED) is 0.650. The molecule has 1 atom stereocenters. The zero-order valence-corrected chi connectivity index (χ0v) is 17.8. The summed E-state index contributed by atoms with van der Waals surface area (Å²) in [5, 5.41) is 4.68. The molecule has 0 fully saturated rings. The van der Waals surface area contributed by atoms with Crippen LogP contribution in [0.25, 0.3) is 16.5 Å². The highest BCUT2D eigenvalue weighted by atomic mass is 16.5. The fraction of sp³-hybridized carbons (Fsp3) is 0.280. The topological polar surface area (TPSA) is 69.7 Å². The minimum Gasteiger partial charge on any atom is -0.493 e. The molecular formula is C25H24N2O4. The minimum absolute atomic E-state index is 0.180. The molecule has 0 spiro atoms. The molecular weight excluding hydrogens is 392 g/mol. The van der Waals surface area contributed by atoms with Crippen LogP contribution in [-0.2, 0) is 4.79 Å². The van der Waals surface area contributed by atoms with Crippen molar-refractivity contribution in [2.75, 3.05) is 26.6 Å². The third kappa shape index (κ3) is 3.02. The number of hydrogen-bond donors (Lipinski definition) is 1. The van der Waals surface area contributed by atoms with E-state index < -0.39 is 0 Å². The number of benzene rings is 2. The van der Waals surface area contributed by atoms with Crippen LogP contribution in [0.15, 0.2) is 48.2 Å². The van der Waals surface area contributed by atoms with Crippen molar-refractivity contribution in [3.05, 3.63) is 59.3 Å². The predicted molar refractivity (Wildman–Crippen MR) is 120 cm³/mol. The van der Waals surface area contributed by atoms with Gasteiger partial charge in [0.05, 0.1) is 32.9 Å². The lowest BCUT2D eigenvalue weighted by atomic mass is 9.77. The molecule has 1 aliphatic heterocycles. The van der Waals surface area contributed by atoms with E-state index in [1.54, 1.807) is 27.5 Å². The third-order valence-electron chi connectivity index (χ3n) is 6.15. The number of fused-ring (bicyclic) bond motifs is 4. The highest BCUT2D eigenvalue weighted by molar-refractivity contribution is 6.12. The number of ether oxygens (including phenoxy) is 3. The summed E-state index contributed by atoms with van der Waals surface area (Å²) < 4.78 is 16.6. The zero-order chi connectivity index (χ0) is 21.5. The van der Waals surface area contributed by atoms with E-state index in [-0.39, 0.29) is 11.8 Å². The van der Waals surface area contributed by atoms with Crippen LogP contribution in [0.3, 0.4) is 0 Å². The molecule has 5 rings (SSSR count). The van der Waals surface area contributed by atoms with Crippen molar-refractivity contribution in [3.63, 3.8) is 0 Å². The standard InChI is InChI=1S/C25H24N2O4/c1-29-20-12-14(13-21(30-2)25(20)31-3)24-23-16(6-4-8-19(23)28)22-15-7-5-11-26-17(15)9-10-18(22)27-24/h5,7,9-13,24,27H,4,6,8H2,1-3H3/t24-/m0/s1. The Kier molecular flexibility index (Phi) is 4.77. The first kappa shape index (κ1) is 19.4. The molecule has 6 heteroatoms. The van der Waals surface area contributed by atoms with Gasteiger partial charge >= 0.3 is 0 Å². The van der Waals surface area contributed by atoms with Crippen LogP contribution >= 0.6 is 0 Å². The van der Waals surface area contributed by atoms with Crippen molar-refractivity contribution in [1.82, 2.24) is 4.98 Å². The monoisotopic (exact) mass is 416 g/mol. The van der Waals surface area contributed by atoms with Gasteiger partial charge in [0.25, 0.3) is 0 Å². The number of hydrogen-bond acceptors (Lipinski definition) is 6. The summed E-state index contributed by atoms with van der Waals surface area (Å²) in [5.41, 5.74) is 5.87. The highest BCUT2D eigenvalue weighted by Gasteiger charge is 2.35. The van der Waals surface area contributed by atoms with Gasteiger partial charge in [-0.15, -0.1) is 0 Å². The molecule has 0 bridgehead atoms. The summed E-state index contributed by atoms with van der Waals surface area (Å²) in [7, 11) is 4.78. The molecule has 0 saturated heterocycles. The Labute approximate surface area is 180 Å². The maximum absolute atomic E-state index is 13.2. The van der Waals surface area contributed by atoms with Gasteiger partial charge in [0, 0.05) is 34.8 Å². The van der Waals surface area contributed by atoms with Gasteiger partial charge in [0.15, 0.2) is 17.3 Å². The van der Waals surface area contributed by atoms with Crippen molar-refractivity contribution in [2.24, 2.45) is 0 Å². The van der Waals surface area contributed by atoms with Crippen LogP contribution in [0.2, 0.25) is 0 Å². The lowest BCUT2D eigenvalue weighted by Crippen LogP contribution is -2.27. The lowest BCUT2D eigenvalue weighted by Gasteiger charge is -2.35. The summed E-state index contributed by atoms with van der Waals surface area (Å²) in [6, 6.07) is 11.6. The maximum atomic E-state index is 13.2. The smallest absolute Gasteiger partial charge is 0.203 e. The number of methoxy groups -OCH3 is 3. The summed E-state index contributed by atoms with van der Waals surface area (Å²) in [6.45, 7) is 0. The van der Waals surface area contributed by atoms with Crippen LogP contribution in [0.1, 0.15) is 36.4 Å². The predicted octanol–water partition coefficient (Wildman–Crippen LogP) is 4.93. The second kappa shape index (κ2) is 7.61. The van der Waals surface area contributed by atoms with Crippen molar-refractivity contribution in [1.29, 1.82) is 0 Å². The van der Waals surface area contributed by atoms with E-state index in [9.17, 15) is 4.79 Å². The van der Waals surface area contributed by atoms with Crippen LogP contribution < -0.4 is 19.5 Å². The number of rotatable bonds is 4. The Bertz CT molecular complexity index is 1210. The number of pyridine rings is 1. The number of nitrogens with one attached hydrogen (secondary N) is 1. The molecule has 0 radical (unpaired) electrons. The number of anilines is 1. The van der Waals surface area contributed by atoms with E-state index in [4.69, 9.17) is 14.2 Å². The second-order valence-electron chi connectivity index (χ2n) is 7.76. The molecule has 0 unspecified atom stereocenters. The molecule has 6 nitrogen and oxygen atoms in total. The first-order valence-corrected chi connectivity index (χ1v) is 10.4. The van der Waals surface area contributed by atoms with Gasteiger partial charge < -0.3 is 19.5 Å². The van der Waals surface area contributed by atoms with Crippen molar-refractivity contribution < 1.29 is 19.0 Å². The average Bonchev–Trinajstić information content (AvgIpc) is 2.82. The Balaban J connectivity index is 1.75. The van der Waals surface area contributed by atoms with E-state index in [0.29, 0.717) is 23.7 Å². The molecule has 158 valence electrons. The van der Waals surface area contributed by atoms with E-state index in [1.165, 1.54) is 0 Å². The van der Waals surface area contributed by atoms with Crippen LogP contribution in [0.5, 0.6) is 17.2 Å². The molecule has 2 aliphatic rings. The average molecular weight is 416 g/mol. The van der Waals surface area contributed by atoms with Crippen LogP contribution in [0, 0.1) is 0 Å². The number of Topliss-reactive ketones (excluding diaryl/α,β-unsaturated/α-hetero) is 1. The molecule has 1 aliphatic carbocycles. The number of allylic oxidation sites excluding steroid dienone is 1. The second-order valence-corrected chi connectivity index (χ2v) is 7.76. The summed E-state index contributed by atoms with van der Waals surface area (Å²) in [6.07, 6.45) is 4.07. The third-order valence-corrected chi connectivity index (χ3v) is 6.15. The SMILES string of the molecule is COc1cc([C@@H]2Nc3ccc4ncccc4c3C3=C2C(=O)CCC3)cc(OC)c1OC. The minimum atomic E-state index is -0.293. The molecule has 3 aromatic rings. The van der Waals surface area contributed by atoms with E-state index >= 15 is 0 Å². The Morgan fingerprint density at radius 3 is 2.48 bits per heavy atom. The van der Waals surface area contributed by atoms with E-state index in [1.807, 2.05) is 24.3 Å². The van der Waals surface area contributed by atoms with Crippen molar-refractivity contribution in [3.8, 4) is 17.2 Å². The van der Waals surface area contributed by atoms with Gasteiger partial charge in [0.1, 0.15) is 0 Å². The maximum Gasteiger partial charge on any atom is 0.203 e. The Morgan fingerprint density at radius 1 is 1.00 bits per heavy atom. The number of carbonyl (C=O) groups excluding carboxylic acids is 1. The van der Waals surface area contributed by atoms with Gasteiger partial charge in [-0.25, -0.2) is 0 Å². The number of aromatic nitrogens is 1. The molecule has 2 heterocycles. The molecule has 1 N–H and O–H groups in total. The van der Waals surface area contributed by atoms with Crippen molar-refractivity contribution >= 4 is 27.9 Å². The fourth-order valence-corrected chi connectivity index (χ4v) is 4.80. The summed E-state index contributed by atoms with van der Waals surface area (Å²) in [4.78, 5) is 17.7. The fourth-order valence-electron chi connectivity index (χ4n) is 4.80. The van der Waals surface area contributed by atoms with Gasteiger partial charge in [-0.2, -0.15) is 0 Å². The van der Waals surface area contributed by atoms with Gasteiger partial charge in [0.2, 0.25) is 5.75 Å². The lowest BCUT2D eigenvalue weighted by molar-refractivity contribution is -0.116. The Hall–Kier alpha value is -3.54. The van der Waals surface area contributed by atoms with Crippen LogP contribution in [-0.4, -0.2) is 32.1 Å². The first-order chi connectivity index (χ1) is 15.2. The van der Waals surface area contributed by atoms with Gasteiger partial charge in [-0.1, -0.05) is 6.07 Å². The number of carbonyl (C=O) groups is 1.